The molecule has 236 valence electrons. The summed E-state index contributed by atoms with van der Waals surface area (Å²) in [5, 5.41) is 29.5. The van der Waals surface area contributed by atoms with Crippen molar-refractivity contribution < 1.29 is 33.0 Å². The Hall–Kier alpha value is -3.43. The van der Waals surface area contributed by atoms with Gasteiger partial charge in [0.2, 0.25) is 15.9 Å². The lowest BCUT2D eigenvalue weighted by Gasteiger charge is -2.36. The molecule has 15 heteroatoms. The molecule has 14 nitrogen and oxygen atoms in total. The maximum absolute atomic E-state index is 13.5. The fourth-order valence-corrected chi connectivity index (χ4v) is 6.38. The van der Waals surface area contributed by atoms with E-state index in [4.69, 9.17) is 26.2 Å². The molecule has 0 radical (unpaired) electrons. The van der Waals surface area contributed by atoms with Crippen molar-refractivity contribution in [2.45, 2.75) is 63.3 Å². The van der Waals surface area contributed by atoms with Crippen LogP contribution in [0.2, 0.25) is 0 Å². The van der Waals surface area contributed by atoms with Gasteiger partial charge in [-0.25, -0.2) is 8.42 Å². The normalized spacial score (nSPS) is 17.6. The zero-order valence-electron chi connectivity index (χ0n) is 24.4. The Bertz CT molecular complexity index is 1180. The second-order valence-electron chi connectivity index (χ2n) is 10.7. The number of para-hydroxylation sites is 1. The molecule has 0 spiro atoms. The van der Waals surface area contributed by atoms with E-state index in [9.17, 15) is 18.0 Å². The molecule has 0 bridgehead atoms. The summed E-state index contributed by atoms with van der Waals surface area (Å²) < 4.78 is 29.7. The predicted octanol–water partition coefficient (Wildman–Crippen LogP) is 0.691. The Morgan fingerprint density at radius 1 is 1.14 bits per heavy atom. The standard InChI is InChI=1S/C25H41N7O5S.C2H4O2/c1-18-16-19-6-4-8-21(23(19)29-17-18)38(36,37)30-20(7-5-10-28-25(26)27)24(35)32-14-12-31(13-15-32)11-3-2-9-22(33)34;1-2(3)4/h4,6,8,18,20,29-30H,2-3,5,7,9-17H2,1H3,(H,33,34)(H4,26,27,28);1H3,(H,3,4)/t18?,20-;/m0./s1. The van der Waals surface area contributed by atoms with Crippen LogP contribution in [-0.2, 0) is 30.8 Å². The topological polar surface area (TPSA) is 218 Å². The van der Waals surface area contributed by atoms with E-state index in [1.54, 1.807) is 17.0 Å². The second kappa shape index (κ2) is 16.9. The molecule has 1 unspecified atom stereocenters. The molecule has 2 aliphatic rings. The van der Waals surface area contributed by atoms with Crippen LogP contribution in [0.5, 0.6) is 0 Å². The van der Waals surface area contributed by atoms with Crippen molar-refractivity contribution in [2.75, 3.05) is 51.1 Å². The summed E-state index contributed by atoms with van der Waals surface area (Å²) in [4.78, 5) is 37.3. The predicted molar refractivity (Wildman–Crippen MR) is 159 cm³/mol. The van der Waals surface area contributed by atoms with E-state index in [1.807, 2.05) is 6.07 Å². The van der Waals surface area contributed by atoms with Crippen molar-refractivity contribution in [3.8, 4) is 0 Å². The number of anilines is 1. The first-order valence-electron chi connectivity index (χ1n) is 14.2. The average molecular weight is 612 g/mol. The monoisotopic (exact) mass is 611 g/mol. The minimum atomic E-state index is -3.99. The molecular weight excluding hydrogens is 566 g/mol. The van der Waals surface area contributed by atoms with Crippen LogP contribution >= 0.6 is 0 Å². The molecule has 1 aromatic carbocycles. The van der Waals surface area contributed by atoms with Crippen LogP contribution in [0.15, 0.2) is 23.1 Å². The van der Waals surface area contributed by atoms with Crippen molar-refractivity contribution >= 4 is 39.5 Å². The zero-order chi connectivity index (χ0) is 31.3. The third kappa shape index (κ3) is 11.8. The van der Waals surface area contributed by atoms with E-state index in [2.05, 4.69) is 27.2 Å². The number of nitrogens with zero attached hydrogens (tertiary/aromatic N) is 2. The van der Waals surface area contributed by atoms with E-state index in [0.29, 0.717) is 63.7 Å². The summed E-state index contributed by atoms with van der Waals surface area (Å²) in [5.74, 6) is -1.68. The molecule has 0 saturated carbocycles. The first-order chi connectivity index (χ1) is 19.8. The van der Waals surface area contributed by atoms with Gasteiger partial charge >= 0.3 is 5.97 Å². The first-order valence-corrected chi connectivity index (χ1v) is 15.7. The number of piperazine rings is 1. The van der Waals surface area contributed by atoms with Crippen LogP contribution < -0.4 is 21.1 Å². The number of fused-ring (bicyclic) bond motifs is 1. The lowest BCUT2D eigenvalue weighted by molar-refractivity contribution is -0.137. The van der Waals surface area contributed by atoms with E-state index in [1.165, 1.54) is 0 Å². The SMILES string of the molecule is CC(=O)O.CC1CNc2c(cccc2S(=O)(=O)N[C@@H](CCCNC(=N)N)C(=O)N2CCN(CCCCC(=O)O)CC2)C1. The number of nitrogens with one attached hydrogen (secondary N) is 4. The molecule has 1 saturated heterocycles. The van der Waals surface area contributed by atoms with Gasteiger partial charge in [0.25, 0.3) is 5.97 Å². The van der Waals surface area contributed by atoms with Crippen molar-refractivity contribution in [1.82, 2.24) is 19.8 Å². The lowest BCUT2D eigenvalue weighted by Crippen LogP contribution is -2.55. The van der Waals surface area contributed by atoms with Gasteiger partial charge in [0, 0.05) is 52.6 Å². The van der Waals surface area contributed by atoms with Gasteiger partial charge in [0.15, 0.2) is 5.96 Å². The number of carboxylic acid groups (broad SMARTS) is 2. The van der Waals surface area contributed by atoms with E-state index in [-0.39, 0.29) is 29.6 Å². The number of carbonyl (C=O) groups excluding carboxylic acids is 1. The molecule has 2 atom stereocenters. The van der Waals surface area contributed by atoms with Crippen molar-refractivity contribution in [3.05, 3.63) is 23.8 Å². The number of carbonyl (C=O) groups is 3. The maximum atomic E-state index is 13.5. The van der Waals surface area contributed by atoms with Gasteiger partial charge < -0.3 is 31.5 Å². The quantitative estimate of drug-likeness (QED) is 0.0935. The fourth-order valence-electron chi connectivity index (χ4n) is 4.93. The number of carboxylic acids is 2. The van der Waals surface area contributed by atoms with Crippen LogP contribution in [0.25, 0.3) is 0 Å². The summed E-state index contributed by atoms with van der Waals surface area (Å²) in [6, 6.07) is 4.27. The second-order valence-corrected chi connectivity index (χ2v) is 12.4. The van der Waals surface area contributed by atoms with Gasteiger partial charge in [-0.3, -0.25) is 24.7 Å². The Morgan fingerprint density at radius 3 is 2.43 bits per heavy atom. The van der Waals surface area contributed by atoms with E-state index < -0.39 is 28.0 Å². The molecule has 1 fully saturated rings. The molecule has 8 N–H and O–H groups in total. The summed E-state index contributed by atoms with van der Waals surface area (Å²) >= 11 is 0. The highest BCUT2D eigenvalue weighted by Gasteiger charge is 2.32. The molecular formula is C27H45N7O7S. The van der Waals surface area contributed by atoms with Crippen LogP contribution in [0, 0.1) is 11.3 Å². The highest BCUT2D eigenvalue weighted by Crippen LogP contribution is 2.31. The Kier molecular flexibility index (Phi) is 14.0. The van der Waals surface area contributed by atoms with Gasteiger partial charge in [-0.15, -0.1) is 0 Å². The van der Waals surface area contributed by atoms with E-state index >= 15 is 0 Å². The average Bonchev–Trinajstić information content (AvgIpc) is 2.91. The highest BCUT2D eigenvalue weighted by atomic mass is 32.2. The number of amides is 1. The van der Waals surface area contributed by atoms with Gasteiger partial charge in [0.05, 0.1) is 5.69 Å². The molecule has 2 aliphatic heterocycles. The molecule has 1 amide bonds. The molecule has 3 rings (SSSR count). The van der Waals surface area contributed by atoms with Crippen LogP contribution in [-0.4, -0.2) is 104 Å². The minimum Gasteiger partial charge on any atom is -0.481 e. The summed E-state index contributed by atoms with van der Waals surface area (Å²) in [5.41, 5.74) is 6.89. The zero-order valence-corrected chi connectivity index (χ0v) is 25.2. The van der Waals surface area contributed by atoms with Crippen LogP contribution in [0.1, 0.15) is 51.5 Å². The largest absolute Gasteiger partial charge is 0.481 e. The Morgan fingerprint density at radius 2 is 1.81 bits per heavy atom. The number of rotatable bonds is 13. The Labute approximate surface area is 247 Å². The number of aliphatic carboxylic acids is 2. The smallest absolute Gasteiger partial charge is 0.303 e. The molecule has 1 aromatic rings. The number of sulfonamides is 1. The summed E-state index contributed by atoms with van der Waals surface area (Å²) in [6.45, 7) is 7.24. The van der Waals surface area contributed by atoms with Crippen LogP contribution in [0.4, 0.5) is 5.69 Å². The maximum Gasteiger partial charge on any atom is 0.303 e. The number of hydrogen-bond acceptors (Lipinski definition) is 8. The van der Waals surface area contributed by atoms with Crippen molar-refractivity contribution in [1.29, 1.82) is 5.41 Å². The lowest BCUT2D eigenvalue weighted by atomic mass is 9.96. The molecule has 42 heavy (non-hydrogen) atoms. The van der Waals surface area contributed by atoms with Gasteiger partial charge in [-0.05, 0) is 56.2 Å². The van der Waals surface area contributed by atoms with Crippen molar-refractivity contribution in [3.63, 3.8) is 0 Å². The van der Waals surface area contributed by atoms with Gasteiger partial charge in [0.1, 0.15) is 10.9 Å². The third-order valence-corrected chi connectivity index (χ3v) is 8.49. The third-order valence-electron chi connectivity index (χ3n) is 6.98. The number of unbranched alkanes of at least 4 members (excludes halogenated alkanes) is 1. The number of guanidine groups is 1. The highest BCUT2D eigenvalue weighted by molar-refractivity contribution is 7.89. The minimum absolute atomic E-state index is 0.146. The number of nitrogens with two attached hydrogens (primary N) is 1. The number of benzene rings is 1. The Balaban J connectivity index is 0.00000144. The van der Waals surface area contributed by atoms with Gasteiger partial charge in [-0.2, -0.15) is 4.72 Å². The van der Waals surface area contributed by atoms with Gasteiger partial charge in [-0.1, -0.05) is 19.1 Å². The fraction of sp³-hybridized carbons (Fsp3) is 0.630. The van der Waals surface area contributed by atoms with Crippen LogP contribution in [0.3, 0.4) is 0 Å². The van der Waals surface area contributed by atoms with E-state index in [0.717, 1.165) is 31.9 Å². The van der Waals surface area contributed by atoms with Crippen molar-refractivity contribution in [2.24, 2.45) is 11.7 Å². The first kappa shape index (κ1) is 34.8. The summed E-state index contributed by atoms with van der Waals surface area (Å²) in [6.07, 6.45) is 3.03. The summed E-state index contributed by atoms with van der Waals surface area (Å²) in [7, 11) is -3.99. The molecule has 0 aliphatic carbocycles. The number of hydrogen-bond donors (Lipinski definition) is 7. The molecule has 0 aromatic heterocycles. The molecule has 2 heterocycles.